The van der Waals surface area contributed by atoms with Gasteiger partial charge in [0.2, 0.25) is 0 Å². The second-order valence-corrected chi connectivity index (χ2v) is 5.84. The molecule has 1 aliphatic carbocycles. The Bertz CT molecular complexity index is 461. The Labute approximate surface area is 120 Å². The topological polar surface area (TPSA) is 55.1 Å². The van der Waals surface area contributed by atoms with Gasteiger partial charge >= 0.3 is 0 Å². The maximum atomic E-state index is 13.0. The molecule has 1 amide bonds. The van der Waals surface area contributed by atoms with Gasteiger partial charge in [0.25, 0.3) is 5.91 Å². The van der Waals surface area contributed by atoms with Crippen LogP contribution in [0.4, 0.5) is 4.39 Å². The number of nitrogens with two attached hydrogens (primary N) is 1. The fourth-order valence-corrected chi connectivity index (χ4v) is 3.18. The molecule has 3 N–H and O–H groups in total. The molecule has 19 heavy (non-hydrogen) atoms. The minimum atomic E-state index is -0.366. The highest BCUT2D eigenvalue weighted by molar-refractivity contribution is 9.10. The number of amides is 1. The minimum Gasteiger partial charge on any atom is -0.348 e. The SMILES string of the molecule is NCC(NC(=O)c1ccc(F)cc1Br)C1CCCC1. The molecule has 0 aromatic heterocycles. The van der Waals surface area contributed by atoms with Crippen molar-refractivity contribution in [2.75, 3.05) is 6.54 Å². The molecule has 1 aromatic carbocycles. The number of benzene rings is 1. The van der Waals surface area contributed by atoms with E-state index >= 15 is 0 Å². The van der Waals surface area contributed by atoms with E-state index in [1.165, 1.54) is 31.0 Å². The number of rotatable bonds is 4. The maximum Gasteiger partial charge on any atom is 0.252 e. The van der Waals surface area contributed by atoms with Gasteiger partial charge in [0.05, 0.1) is 5.56 Å². The average molecular weight is 329 g/mol. The standard InChI is InChI=1S/C14H18BrFN2O/c15-12-7-10(16)5-6-11(12)14(19)18-13(8-17)9-3-1-2-4-9/h5-7,9,13H,1-4,8,17H2,(H,18,19). The van der Waals surface area contributed by atoms with Gasteiger partial charge < -0.3 is 11.1 Å². The second kappa shape index (κ2) is 6.48. The van der Waals surface area contributed by atoms with Crippen LogP contribution in [0.25, 0.3) is 0 Å². The van der Waals surface area contributed by atoms with Gasteiger partial charge in [-0.1, -0.05) is 12.8 Å². The molecule has 0 aliphatic heterocycles. The van der Waals surface area contributed by atoms with E-state index in [9.17, 15) is 9.18 Å². The molecule has 0 bridgehead atoms. The third-order valence-corrected chi connectivity index (χ3v) is 4.37. The van der Waals surface area contributed by atoms with E-state index in [0.29, 0.717) is 22.5 Å². The van der Waals surface area contributed by atoms with Gasteiger partial charge in [-0.25, -0.2) is 4.39 Å². The van der Waals surface area contributed by atoms with Crippen LogP contribution in [0, 0.1) is 11.7 Å². The Balaban J connectivity index is 2.06. The zero-order valence-corrected chi connectivity index (χ0v) is 12.2. The zero-order valence-electron chi connectivity index (χ0n) is 10.7. The normalized spacial score (nSPS) is 17.4. The fraction of sp³-hybridized carbons (Fsp3) is 0.500. The summed E-state index contributed by atoms with van der Waals surface area (Å²) in [5.41, 5.74) is 6.20. The predicted molar refractivity (Wildman–Crippen MR) is 76.4 cm³/mol. The second-order valence-electron chi connectivity index (χ2n) is 4.98. The highest BCUT2D eigenvalue weighted by Crippen LogP contribution is 2.28. The van der Waals surface area contributed by atoms with Gasteiger partial charge in [0.15, 0.2) is 0 Å². The Hall–Kier alpha value is -0.940. The van der Waals surface area contributed by atoms with Crippen LogP contribution in [-0.2, 0) is 0 Å². The first-order chi connectivity index (χ1) is 9.11. The van der Waals surface area contributed by atoms with Crippen LogP contribution in [0.3, 0.4) is 0 Å². The van der Waals surface area contributed by atoms with Crippen LogP contribution in [0.1, 0.15) is 36.0 Å². The first kappa shape index (κ1) is 14.5. The van der Waals surface area contributed by atoms with Crippen molar-refractivity contribution in [3.8, 4) is 0 Å². The lowest BCUT2D eigenvalue weighted by molar-refractivity contribution is 0.0923. The number of carbonyl (C=O) groups excluding carboxylic acids is 1. The van der Waals surface area contributed by atoms with Crippen LogP contribution in [-0.4, -0.2) is 18.5 Å². The average Bonchev–Trinajstić information content (AvgIpc) is 2.89. The van der Waals surface area contributed by atoms with E-state index < -0.39 is 0 Å². The van der Waals surface area contributed by atoms with Crippen molar-refractivity contribution in [3.05, 3.63) is 34.1 Å². The molecule has 5 heteroatoms. The summed E-state index contributed by atoms with van der Waals surface area (Å²) in [6, 6.07) is 4.07. The molecule has 2 rings (SSSR count). The maximum absolute atomic E-state index is 13.0. The smallest absolute Gasteiger partial charge is 0.252 e. The van der Waals surface area contributed by atoms with E-state index in [1.807, 2.05) is 0 Å². The predicted octanol–water partition coefficient (Wildman–Crippen LogP) is 2.84. The van der Waals surface area contributed by atoms with Crippen molar-refractivity contribution < 1.29 is 9.18 Å². The number of carbonyl (C=O) groups is 1. The molecule has 0 heterocycles. The van der Waals surface area contributed by atoms with Gasteiger partial charge in [-0.05, 0) is 52.9 Å². The van der Waals surface area contributed by atoms with E-state index in [0.717, 1.165) is 12.8 Å². The summed E-state index contributed by atoms with van der Waals surface area (Å²) in [4.78, 5) is 12.2. The summed E-state index contributed by atoms with van der Waals surface area (Å²) in [7, 11) is 0. The lowest BCUT2D eigenvalue weighted by atomic mass is 9.98. The highest BCUT2D eigenvalue weighted by Gasteiger charge is 2.26. The Morgan fingerprint density at radius 1 is 1.47 bits per heavy atom. The van der Waals surface area contributed by atoms with Crippen molar-refractivity contribution >= 4 is 21.8 Å². The summed E-state index contributed by atoms with van der Waals surface area (Å²) in [5, 5.41) is 2.97. The third-order valence-electron chi connectivity index (χ3n) is 3.72. The van der Waals surface area contributed by atoms with Crippen molar-refractivity contribution in [2.24, 2.45) is 11.7 Å². The monoisotopic (exact) mass is 328 g/mol. The molecule has 3 nitrogen and oxygen atoms in total. The molecule has 1 saturated carbocycles. The highest BCUT2D eigenvalue weighted by atomic mass is 79.9. The van der Waals surface area contributed by atoms with E-state index in [4.69, 9.17) is 5.73 Å². The first-order valence-corrected chi connectivity index (χ1v) is 7.37. The molecule has 0 spiro atoms. The molecule has 1 atom stereocenters. The fourth-order valence-electron chi connectivity index (χ4n) is 2.65. The first-order valence-electron chi connectivity index (χ1n) is 6.58. The van der Waals surface area contributed by atoms with Crippen molar-refractivity contribution in [2.45, 2.75) is 31.7 Å². The molecular formula is C14H18BrFN2O. The minimum absolute atomic E-state index is 0.00644. The van der Waals surface area contributed by atoms with Crippen LogP contribution in [0.5, 0.6) is 0 Å². The van der Waals surface area contributed by atoms with Crippen LogP contribution >= 0.6 is 15.9 Å². The molecule has 1 unspecified atom stereocenters. The number of halogens is 2. The third kappa shape index (κ3) is 3.54. The lowest BCUT2D eigenvalue weighted by Crippen LogP contribution is -2.44. The summed E-state index contributed by atoms with van der Waals surface area (Å²) in [5.74, 6) is -0.100. The van der Waals surface area contributed by atoms with Gasteiger partial charge in [-0.15, -0.1) is 0 Å². The van der Waals surface area contributed by atoms with Crippen molar-refractivity contribution in [3.63, 3.8) is 0 Å². The summed E-state index contributed by atoms with van der Waals surface area (Å²) >= 11 is 3.21. The zero-order chi connectivity index (χ0) is 13.8. The lowest BCUT2D eigenvalue weighted by Gasteiger charge is -2.23. The largest absolute Gasteiger partial charge is 0.348 e. The van der Waals surface area contributed by atoms with Crippen molar-refractivity contribution in [1.29, 1.82) is 0 Å². The molecule has 1 fully saturated rings. The van der Waals surface area contributed by atoms with E-state index in [-0.39, 0.29) is 17.8 Å². The Morgan fingerprint density at radius 2 is 2.16 bits per heavy atom. The Kier molecular flexibility index (Phi) is 4.93. The van der Waals surface area contributed by atoms with Crippen LogP contribution < -0.4 is 11.1 Å². The van der Waals surface area contributed by atoms with Crippen molar-refractivity contribution in [1.82, 2.24) is 5.32 Å². The van der Waals surface area contributed by atoms with E-state index in [2.05, 4.69) is 21.2 Å². The summed E-state index contributed by atoms with van der Waals surface area (Å²) in [6.45, 7) is 0.440. The molecular weight excluding hydrogens is 311 g/mol. The van der Waals surface area contributed by atoms with E-state index in [1.54, 1.807) is 0 Å². The van der Waals surface area contributed by atoms with Crippen LogP contribution in [0.15, 0.2) is 22.7 Å². The number of nitrogens with one attached hydrogen (secondary N) is 1. The van der Waals surface area contributed by atoms with Gasteiger partial charge in [0.1, 0.15) is 5.82 Å². The number of hydrogen-bond donors (Lipinski definition) is 2. The number of hydrogen-bond acceptors (Lipinski definition) is 2. The quantitative estimate of drug-likeness (QED) is 0.892. The molecule has 104 valence electrons. The molecule has 1 aliphatic rings. The molecule has 0 saturated heterocycles. The molecule has 1 aromatic rings. The van der Waals surface area contributed by atoms with Gasteiger partial charge in [-0.2, -0.15) is 0 Å². The van der Waals surface area contributed by atoms with Gasteiger partial charge in [0, 0.05) is 17.1 Å². The summed E-state index contributed by atoms with van der Waals surface area (Å²) in [6.07, 6.45) is 4.65. The Morgan fingerprint density at radius 3 is 2.74 bits per heavy atom. The van der Waals surface area contributed by atoms with Gasteiger partial charge in [-0.3, -0.25) is 4.79 Å². The van der Waals surface area contributed by atoms with Crippen LogP contribution in [0.2, 0.25) is 0 Å². The summed E-state index contributed by atoms with van der Waals surface area (Å²) < 4.78 is 13.5. The molecule has 0 radical (unpaired) electrons.